The second kappa shape index (κ2) is 10.6. The number of alkyl carbamates (subject to hydrolysis) is 1. The molecule has 2 aromatic rings. The van der Waals surface area contributed by atoms with Crippen molar-refractivity contribution in [2.24, 2.45) is 0 Å². The zero-order chi connectivity index (χ0) is 20.5. The summed E-state index contributed by atoms with van der Waals surface area (Å²) in [7, 11) is 1.54. The molecule has 0 spiro atoms. The summed E-state index contributed by atoms with van der Waals surface area (Å²) in [5, 5.41) is 5.61. The molecule has 7 heteroatoms. The zero-order valence-corrected chi connectivity index (χ0v) is 16.4. The van der Waals surface area contributed by atoms with Crippen molar-refractivity contribution in [2.75, 3.05) is 13.7 Å². The predicted octanol–water partition coefficient (Wildman–Crippen LogP) is 2.40. The van der Waals surface area contributed by atoms with E-state index in [0.717, 1.165) is 11.1 Å². The Labute approximate surface area is 170 Å². The number of hydrogen-bond acceptors (Lipinski definition) is 5. The molecule has 2 amide bonds. The number of benzene rings is 2. The van der Waals surface area contributed by atoms with Crippen molar-refractivity contribution in [3.63, 3.8) is 0 Å². The summed E-state index contributed by atoms with van der Waals surface area (Å²) >= 11 is 0. The lowest BCUT2D eigenvalue weighted by Crippen LogP contribution is -2.52. The second-order valence-corrected chi connectivity index (χ2v) is 6.83. The quantitative estimate of drug-likeness (QED) is 0.713. The smallest absolute Gasteiger partial charge is 0.408 e. The van der Waals surface area contributed by atoms with Gasteiger partial charge in [0.15, 0.2) is 6.29 Å². The molecule has 1 unspecified atom stereocenters. The van der Waals surface area contributed by atoms with Gasteiger partial charge in [-0.25, -0.2) is 4.79 Å². The van der Waals surface area contributed by atoms with Crippen LogP contribution in [0.3, 0.4) is 0 Å². The average Bonchev–Trinajstić information content (AvgIpc) is 3.20. The molecule has 3 rings (SSSR count). The van der Waals surface area contributed by atoms with Crippen LogP contribution >= 0.6 is 0 Å². The summed E-state index contributed by atoms with van der Waals surface area (Å²) in [5.74, 6) is -0.303. The maximum absolute atomic E-state index is 12.9. The Kier molecular flexibility index (Phi) is 7.61. The molecule has 3 atom stereocenters. The lowest BCUT2D eigenvalue weighted by molar-refractivity contribution is -0.130. The van der Waals surface area contributed by atoms with E-state index in [-0.39, 0.29) is 18.6 Å². The normalized spacial score (nSPS) is 19.3. The van der Waals surface area contributed by atoms with E-state index in [1.807, 2.05) is 60.7 Å². The first kappa shape index (κ1) is 20.8. The molecule has 1 aliphatic rings. The Morgan fingerprint density at radius 2 is 1.72 bits per heavy atom. The summed E-state index contributed by atoms with van der Waals surface area (Å²) in [6.45, 7) is 0.647. The van der Waals surface area contributed by atoms with Gasteiger partial charge in [0.05, 0.1) is 12.6 Å². The maximum atomic E-state index is 12.9. The summed E-state index contributed by atoms with van der Waals surface area (Å²) in [4.78, 5) is 25.2. The minimum Gasteiger partial charge on any atom is -0.445 e. The van der Waals surface area contributed by atoms with Crippen LogP contribution in [-0.4, -0.2) is 44.1 Å². The zero-order valence-electron chi connectivity index (χ0n) is 16.4. The van der Waals surface area contributed by atoms with E-state index >= 15 is 0 Å². The number of hydrogen-bond donors (Lipinski definition) is 2. The first-order chi connectivity index (χ1) is 14.2. The summed E-state index contributed by atoms with van der Waals surface area (Å²) in [6.07, 6.45) is -0.128. The van der Waals surface area contributed by atoms with Crippen molar-refractivity contribution < 1.29 is 23.8 Å². The molecule has 154 valence electrons. The van der Waals surface area contributed by atoms with Crippen LogP contribution in [0.5, 0.6) is 0 Å². The van der Waals surface area contributed by atoms with E-state index in [4.69, 9.17) is 14.2 Å². The molecule has 2 aromatic carbocycles. The Balaban J connectivity index is 1.62. The number of ether oxygens (including phenoxy) is 3. The van der Waals surface area contributed by atoms with Crippen LogP contribution in [0.15, 0.2) is 60.7 Å². The molecule has 0 bridgehead atoms. The molecule has 29 heavy (non-hydrogen) atoms. The molecule has 0 saturated carbocycles. The van der Waals surface area contributed by atoms with Crippen molar-refractivity contribution in [3.8, 4) is 0 Å². The second-order valence-electron chi connectivity index (χ2n) is 6.83. The predicted molar refractivity (Wildman–Crippen MR) is 107 cm³/mol. The number of nitrogens with one attached hydrogen (secondary N) is 2. The highest BCUT2D eigenvalue weighted by atomic mass is 16.7. The Hall–Kier alpha value is -2.90. The molecule has 7 nitrogen and oxygen atoms in total. The van der Waals surface area contributed by atoms with Crippen molar-refractivity contribution in [1.29, 1.82) is 0 Å². The van der Waals surface area contributed by atoms with Crippen LogP contribution in [0.2, 0.25) is 0 Å². The third-order valence-electron chi connectivity index (χ3n) is 4.70. The van der Waals surface area contributed by atoms with Gasteiger partial charge in [0.1, 0.15) is 12.6 Å². The number of methoxy groups -OCH3 is 1. The number of carbonyl (C=O) groups excluding carboxylic acids is 2. The fraction of sp³-hybridized carbons (Fsp3) is 0.364. The maximum Gasteiger partial charge on any atom is 0.408 e. The number of carbonyl (C=O) groups is 2. The Morgan fingerprint density at radius 1 is 1.07 bits per heavy atom. The topological polar surface area (TPSA) is 85.9 Å². The molecule has 0 radical (unpaired) electrons. The standard InChI is InChI=1S/C22H26N2O5/c1-27-21-18(12-13-28-21)23-20(25)19(14-16-8-4-2-5-9-16)24-22(26)29-15-17-10-6-3-7-11-17/h2-11,18-19,21H,12-15H2,1H3,(H,23,25)(H,24,26)/t18-,19-,21?/m0/s1. The van der Waals surface area contributed by atoms with E-state index in [2.05, 4.69) is 10.6 Å². The van der Waals surface area contributed by atoms with Crippen molar-refractivity contribution in [3.05, 3.63) is 71.8 Å². The van der Waals surface area contributed by atoms with Crippen LogP contribution in [0.1, 0.15) is 17.5 Å². The first-order valence-electron chi connectivity index (χ1n) is 9.61. The van der Waals surface area contributed by atoms with Crippen LogP contribution in [-0.2, 0) is 32.0 Å². The van der Waals surface area contributed by atoms with Crippen molar-refractivity contribution in [2.45, 2.75) is 37.8 Å². The first-order valence-corrected chi connectivity index (χ1v) is 9.61. The fourth-order valence-electron chi connectivity index (χ4n) is 3.19. The lowest BCUT2D eigenvalue weighted by atomic mass is 10.0. The van der Waals surface area contributed by atoms with Gasteiger partial charge < -0.3 is 24.8 Å². The largest absolute Gasteiger partial charge is 0.445 e. The highest BCUT2D eigenvalue weighted by Crippen LogP contribution is 2.14. The van der Waals surface area contributed by atoms with E-state index in [9.17, 15) is 9.59 Å². The van der Waals surface area contributed by atoms with E-state index in [1.54, 1.807) is 0 Å². The van der Waals surface area contributed by atoms with Gasteiger partial charge in [-0.2, -0.15) is 0 Å². The highest BCUT2D eigenvalue weighted by molar-refractivity contribution is 5.86. The fourth-order valence-corrected chi connectivity index (χ4v) is 3.19. The molecule has 2 N–H and O–H groups in total. The summed E-state index contributed by atoms with van der Waals surface area (Å²) < 4.78 is 16.0. The molecule has 1 fully saturated rings. The molecule has 0 aliphatic carbocycles. The molecule has 0 aromatic heterocycles. The van der Waals surface area contributed by atoms with Crippen LogP contribution in [0, 0.1) is 0 Å². The van der Waals surface area contributed by atoms with Gasteiger partial charge in [0.2, 0.25) is 5.91 Å². The highest BCUT2D eigenvalue weighted by Gasteiger charge is 2.32. The minimum absolute atomic E-state index is 0.133. The van der Waals surface area contributed by atoms with E-state index in [0.29, 0.717) is 19.4 Å². The molecule has 1 saturated heterocycles. The van der Waals surface area contributed by atoms with Crippen LogP contribution in [0.25, 0.3) is 0 Å². The van der Waals surface area contributed by atoms with E-state index in [1.165, 1.54) is 7.11 Å². The summed E-state index contributed by atoms with van der Waals surface area (Å²) in [6, 6.07) is 17.8. The number of amides is 2. The SMILES string of the molecule is COC1OCC[C@@H]1NC(=O)[C@H](Cc1ccccc1)NC(=O)OCc1ccccc1. The molecular weight excluding hydrogens is 372 g/mol. The Bertz CT molecular complexity index is 784. The van der Waals surface area contributed by atoms with Gasteiger partial charge in [0, 0.05) is 13.5 Å². The van der Waals surface area contributed by atoms with Gasteiger partial charge in [-0.3, -0.25) is 4.79 Å². The summed E-state index contributed by atoms with van der Waals surface area (Å²) in [5.41, 5.74) is 1.81. The van der Waals surface area contributed by atoms with E-state index < -0.39 is 18.4 Å². The molecule has 1 aliphatic heterocycles. The van der Waals surface area contributed by atoms with Crippen molar-refractivity contribution >= 4 is 12.0 Å². The third kappa shape index (κ3) is 6.30. The average molecular weight is 398 g/mol. The Morgan fingerprint density at radius 3 is 2.38 bits per heavy atom. The van der Waals surface area contributed by atoms with Gasteiger partial charge in [0.25, 0.3) is 0 Å². The van der Waals surface area contributed by atoms with Gasteiger partial charge in [-0.1, -0.05) is 60.7 Å². The van der Waals surface area contributed by atoms with Crippen LogP contribution in [0.4, 0.5) is 4.79 Å². The number of rotatable bonds is 8. The van der Waals surface area contributed by atoms with Gasteiger partial charge in [-0.15, -0.1) is 0 Å². The lowest BCUT2D eigenvalue weighted by Gasteiger charge is -2.23. The molecule has 1 heterocycles. The molecular formula is C22H26N2O5. The van der Waals surface area contributed by atoms with Gasteiger partial charge >= 0.3 is 6.09 Å². The minimum atomic E-state index is -0.779. The monoisotopic (exact) mass is 398 g/mol. The van der Waals surface area contributed by atoms with Crippen molar-refractivity contribution in [1.82, 2.24) is 10.6 Å². The third-order valence-corrected chi connectivity index (χ3v) is 4.70. The van der Waals surface area contributed by atoms with Crippen LogP contribution < -0.4 is 10.6 Å². The van der Waals surface area contributed by atoms with Gasteiger partial charge in [-0.05, 0) is 17.5 Å².